The number of aromatic nitrogens is 1. The third-order valence-corrected chi connectivity index (χ3v) is 3.24. The molecule has 1 aromatic carbocycles. The average Bonchev–Trinajstić information content (AvgIpc) is 2.79. The molecule has 0 spiro atoms. The Labute approximate surface area is 122 Å². The molecule has 0 aliphatic carbocycles. The number of halogens is 2. The minimum Gasteiger partial charge on any atom is -0.375 e. The maximum Gasteiger partial charge on any atom is 0.180 e. The van der Waals surface area contributed by atoms with Crippen molar-refractivity contribution in [2.24, 2.45) is 5.16 Å². The van der Waals surface area contributed by atoms with Gasteiger partial charge in [0.25, 0.3) is 0 Å². The van der Waals surface area contributed by atoms with Gasteiger partial charge >= 0.3 is 0 Å². The molecule has 1 aromatic heterocycles. The number of carbonyl (C=O) groups excluding carboxylic acids is 1. The molecular formula is C11H7Cl2N3O2S. The van der Waals surface area contributed by atoms with Gasteiger partial charge in [0.15, 0.2) is 22.9 Å². The molecule has 1 heterocycles. The summed E-state index contributed by atoms with van der Waals surface area (Å²) in [6.07, 6.45) is 0.526. The first-order valence-electron chi connectivity index (χ1n) is 4.97. The van der Waals surface area contributed by atoms with Crippen molar-refractivity contribution in [3.63, 3.8) is 0 Å². The Hall–Kier alpha value is -1.63. The molecule has 2 rings (SSSR count). The van der Waals surface area contributed by atoms with Gasteiger partial charge in [0.2, 0.25) is 0 Å². The SMILES string of the molecule is Nc1nc(/C(C=O)=N\Oc2ccc(Cl)cc2Cl)cs1. The second-order valence-electron chi connectivity index (χ2n) is 3.33. The molecule has 19 heavy (non-hydrogen) atoms. The van der Waals surface area contributed by atoms with Gasteiger partial charge in [-0.25, -0.2) is 4.98 Å². The smallest absolute Gasteiger partial charge is 0.180 e. The van der Waals surface area contributed by atoms with Gasteiger partial charge in [-0.2, -0.15) is 0 Å². The highest BCUT2D eigenvalue weighted by molar-refractivity contribution is 7.13. The number of rotatable bonds is 4. The summed E-state index contributed by atoms with van der Waals surface area (Å²) >= 11 is 12.9. The number of aldehydes is 1. The molecule has 0 radical (unpaired) electrons. The second-order valence-corrected chi connectivity index (χ2v) is 5.06. The molecular weight excluding hydrogens is 309 g/mol. The number of oxime groups is 1. The summed E-state index contributed by atoms with van der Waals surface area (Å²) in [7, 11) is 0. The van der Waals surface area contributed by atoms with Gasteiger partial charge in [0, 0.05) is 10.4 Å². The van der Waals surface area contributed by atoms with Gasteiger partial charge < -0.3 is 10.6 Å². The van der Waals surface area contributed by atoms with Gasteiger partial charge in [-0.05, 0) is 18.2 Å². The lowest BCUT2D eigenvalue weighted by atomic mass is 10.3. The Morgan fingerprint density at radius 2 is 2.26 bits per heavy atom. The molecule has 2 aromatic rings. The van der Waals surface area contributed by atoms with E-state index in [9.17, 15) is 4.79 Å². The Morgan fingerprint density at radius 1 is 1.47 bits per heavy atom. The number of anilines is 1. The highest BCUT2D eigenvalue weighted by Gasteiger charge is 2.09. The summed E-state index contributed by atoms with van der Waals surface area (Å²) < 4.78 is 0. The molecule has 0 fully saturated rings. The first kappa shape index (κ1) is 13.8. The molecule has 0 bridgehead atoms. The number of nitrogens with two attached hydrogens (primary N) is 1. The maximum atomic E-state index is 10.9. The monoisotopic (exact) mass is 315 g/mol. The summed E-state index contributed by atoms with van der Waals surface area (Å²) in [6, 6.07) is 4.65. The highest BCUT2D eigenvalue weighted by Crippen LogP contribution is 2.27. The molecule has 0 saturated heterocycles. The number of thiazole rings is 1. The molecule has 0 atom stereocenters. The van der Waals surface area contributed by atoms with E-state index in [4.69, 9.17) is 33.8 Å². The number of nitrogen functional groups attached to an aromatic ring is 1. The van der Waals surface area contributed by atoms with Gasteiger partial charge in [-0.3, -0.25) is 4.79 Å². The number of carbonyl (C=O) groups is 1. The third-order valence-electron chi connectivity index (χ3n) is 2.03. The summed E-state index contributed by atoms with van der Waals surface area (Å²) in [5, 5.41) is 6.41. The van der Waals surface area contributed by atoms with Gasteiger partial charge in [-0.1, -0.05) is 28.4 Å². The zero-order valence-corrected chi connectivity index (χ0v) is 11.7. The van der Waals surface area contributed by atoms with Crippen molar-refractivity contribution in [2.45, 2.75) is 0 Å². The molecule has 0 aliphatic heterocycles. The van der Waals surface area contributed by atoms with Crippen molar-refractivity contribution >= 4 is 51.7 Å². The van der Waals surface area contributed by atoms with Gasteiger partial charge in [0.05, 0.1) is 5.02 Å². The van der Waals surface area contributed by atoms with Gasteiger partial charge in [0.1, 0.15) is 5.69 Å². The fourth-order valence-corrected chi connectivity index (χ4v) is 2.18. The zero-order valence-electron chi connectivity index (χ0n) is 9.34. The van der Waals surface area contributed by atoms with Crippen LogP contribution < -0.4 is 10.6 Å². The summed E-state index contributed by atoms with van der Waals surface area (Å²) in [6.45, 7) is 0. The van der Waals surface area contributed by atoms with E-state index in [0.29, 0.717) is 27.2 Å². The Kier molecular flexibility index (Phi) is 4.36. The van der Waals surface area contributed by atoms with Crippen LogP contribution in [-0.2, 0) is 4.79 Å². The first-order valence-corrected chi connectivity index (χ1v) is 6.60. The van der Waals surface area contributed by atoms with Crippen LogP contribution in [0.4, 0.5) is 5.13 Å². The molecule has 8 heteroatoms. The van der Waals surface area contributed by atoms with E-state index in [1.165, 1.54) is 17.4 Å². The van der Waals surface area contributed by atoms with Crippen molar-refractivity contribution in [3.8, 4) is 5.75 Å². The lowest BCUT2D eigenvalue weighted by Crippen LogP contribution is -2.05. The largest absolute Gasteiger partial charge is 0.375 e. The maximum absolute atomic E-state index is 10.9. The highest BCUT2D eigenvalue weighted by atomic mass is 35.5. The van der Waals surface area contributed by atoms with E-state index in [2.05, 4.69) is 10.1 Å². The molecule has 98 valence electrons. The first-order chi connectivity index (χ1) is 9.10. The topological polar surface area (TPSA) is 77.6 Å². The molecule has 0 unspecified atom stereocenters. The summed E-state index contributed by atoms with van der Waals surface area (Å²) in [5.74, 6) is 0.286. The van der Waals surface area contributed by atoms with Crippen LogP contribution in [0.3, 0.4) is 0 Å². The zero-order chi connectivity index (χ0) is 13.8. The lowest BCUT2D eigenvalue weighted by molar-refractivity contribution is -0.102. The Balaban J connectivity index is 2.22. The number of hydrogen-bond acceptors (Lipinski definition) is 6. The summed E-state index contributed by atoms with van der Waals surface area (Å²) in [5.41, 5.74) is 5.86. The van der Waals surface area contributed by atoms with Crippen molar-refractivity contribution in [1.82, 2.24) is 4.98 Å². The molecule has 2 N–H and O–H groups in total. The van der Waals surface area contributed by atoms with E-state index in [1.807, 2.05) is 0 Å². The van der Waals surface area contributed by atoms with Crippen LogP contribution in [0, 0.1) is 0 Å². The standard InChI is InChI=1S/C11H7Cl2N3O2S/c12-6-1-2-10(7(13)3-6)18-16-8(4-17)9-5-19-11(14)15-9/h1-5H,(H2,14,15)/b16-8-. The quantitative estimate of drug-likeness (QED) is 0.534. The third kappa shape index (κ3) is 3.44. The Morgan fingerprint density at radius 3 is 2.84 bits per heavy atom. The number of benzene rings is 1. The fourth-order valence-electron chi connectivity index (χ4n) is 1.18. The minimum absolute atomic E-state index is 0.0268. The van der Waals surface area contributed by atoms with Crippen LogP contribution >= 0.6 is 34.5 Å². The van der Waals surface area contributed by atoms with Crippen molar-refractivity contribution in [2.75, 3.05) is 5.73 Å². The van der Waals surface area contributed by atoms with Crippen molar-refractivity contribution in [3.05, 3.63) is 39.3 Å². The van der Waals surface area contributed by atoms with E-state index in [-0.39, 0.29) is 11.5 Å². The van der Waals surface area contributed by atoms with Crippen LogP contribution in [0.5, 0.6) is 5.75 Å². The molecule has 0 amide bonds. The summed E-state index contributed by atoms with van der Waals surface area (Å²) in [4.78, 5) is 20.0. The predicted octanol–water partition coefficient (Wildman–Crippen LogP) is 3.01. The lowest BCUT2D eigenvalue weighted by Gasteiger charge is -2.02. The Bertz CT molecular complexity index is 643. The minimum atomic E-state index is 0.0268. The predicted molar refractivity (Wildman–Crippen MR) is 76.2 cm³/mol. The van der Waals surface area contributed by atoms with E-state index in [0.717, 1.165) is 0 Å². The van der Waals surface area contributed by atoms with Crippen LogP contribution in [0.15, 0.2) is 28.7 Å². The molecule has 0 aliphatic rings. The second kappa shape index (κ2) is 6.01. The number of hydrogen-bond donors (Lipinski definition) is 1. The fraction of sp³-hybridized carbons (Fsp3) is 0. The molecule has 0 saturated carbocycles. The average molecular weight is 316 g/mol. The van der Waals surface area contributed by atoms with E-state index in [1.54, 1.807) is 17.5 Å². The van der Waals surface area contributed by atoms with Crippen LogP contribution in [0.25, 0.3) is 0 Å². The van der Waals surface area contributed by atoms with E-state index >= 15 is 0 Å². The van der Waals surface area contributed by atoms with Crippen LogP contribution in [0.2, 0.25) is 10.0 Å². The van der Waals surface area contributed by atoms with Crippen LogP contribution in [0.1, 0.15) is 5.69 Å². The van der Waals surface area contributed by atoms with Gasteiger partial charge in [-0.15, -0.1) is 11.3 Å². The molecule has 5 nitrogen and oxygen atoms in total. The van der Waals surface area contributed by atoms with Crippen molar-refractivity contribution < 1.29 is 9.63 Å². The normalized spacial score (nSPS) is 11.4. The number of nitrogens with zero attached hydrogens (tertiary/aromatic N) is 2. The van der Waals surface area contributed by atoms with Crippen molar-refractivity contribution in [1.29, 1.82) is 0 Å². The van der Waals surface area contributed by atoms with E-state index < -0.39 is 0 Å². The van der Waals surface area contributed by atoms with Crippen LogP contribution in [-0.4, -0.2) is 17.0 Å².